The smallest absolute Gasteiger partial charge is 0.362 e. The Hall–Kier alpha value is -2.83. The van der Waals surface area contributed by atoms with Gasteiger partial charge < -0.3 is 14.2 Å². The summed E-state index contributed by atoms with van der Waals surface area (Å²) in [6.45, 7) is 1.65. The Morgan fingerprint density at radius 1 is 1.14 bits per heavy atom. The number of methoxy groups -OCH3 is 2. The van der Waals surface area contributed by atoms with E-state index in [1.807, 2.05) is 31.2 Å². The summed E-state index contributed by atoms with van der Waals surface area (Å²) < 4.78 is 15.9. The fraction of sp³-hybridized carbons (Fsp3) is 0.267. The summed E-state index contributed by atoms with van der Waals surface area (Å²) in [6.07, 6.45) is 1.51. The van der Waals surface area contributed by atoms with Crippen LogP contribution in [0.3, 0.4) is 0 Å². The van der Waals surface area contributed by atoms with Crippen molar-refractivity contribution in [2.75, 3.05) is 20.8 Å². The van der Waals surface area contributed by atoms with Crippen molar-refractivity contribution in [1.82, 2.24) is 9.78 Å². The average molecular weight is 304 g/mol. The minimum absolute atomic E-state index is 0.00743. The zero-order valence-corrected chi connectivity index (χ0v) is 12.5. The van der Waals surface area contributed by atoms with Gasteiger partial charge in [-0.05, 0) is 19.1 Å². The molecule has 0 radical (unpaired) electrons. The molecule has 0 fully saturated rings. The summed E-state index contributed by atoms with van der Waals surface area (Å²) in [6, 6.07) is 7.55. The number of nitrogens with zero attached hydrogens (tertiary/aromatic N) is 2. The van der Waals surface area contributed by atoms with Gasteiger partial charge in [-0.15, -0.1) is 0 Å². The molecule has 7 heteroatoms. The van der Waals surface area contributed by atoms with Gasteiger partial charge in [0.15, 0.2) is 12.4 Å². The van der Waals surface area contributed by atoms with Crippen molar-refractivity contribution < 1.29 is 23.8 Å². The van der Waals surface area contributed by atoms with Gasteiger partial charge in [-0.25, -0.2) is 14.3 Å². The van der Waals surface area contributed by atoms with Gasteiger partial charge >= 0.3 is 11.9 Å². The third-order valence-corrected chi connectivity index (χ3v) is 2.93. The predicted octanol–water partition coefficient (Wildman–Crippen LogP) is 1.52. The van der Waals surface area contributed by atoms with Crippen molar-refractivity contribution in [3.05, 3.63) is 41.7 Å². The van der Waals surface area contributed by atoms with Crippen molar-refractivity contribution >= 4 is 11.9 Å². The van der Waals surface area contributed by atoms with E-state index in [1.165, 1.54) is 25.1 Å². The number of aryl methyl sites for hydroxylation is 1. The molecule has 0 bridgehead atoms. The molecule has 0 amide bonds. The van der Waals surface area contributed by atoms with Crippen molar-refractivity contribution in [2.24, 2.45) is 0 Å². The number of benzene rings is 1. The molecular formula is C15H16N2O5. The van der Waals surface area contributed by atoms with Crippen LogP contribution in [-0.2, 0) is 14.3 Å². The number of carbonyl (C=O) groups is 2. The Kier molecular flexibility index (Phi) is 4.77. The lowest BCUT2D eigenvalue weighted by molar-refractivity contribution is -0.142. The van der Waals surface area contributed by atoms with E-state index in [2.05, 4.69) is 14.6 Å². The van der Waals surface area contributed by atoms with Crippen LogP contribution in [0.2, 0.25) is 0 Å². The highest BCUT2D eigenvalue weighted by atomic mass is 16.6. The Morgan fingerprint density at radius 3 is 2.41 bits per heavy atom. The summed E-state index contributed by atoms with van der Waals surface area (Å²) in [5.74, 6) is -1.05. The fourth-order valence-corrected chi connectivity index (χ4v) is 1.73. The highest BCUT2D eigenvalue weighted by molar-refractivity contribution is 5.90. The normalized spacial score (nSPS) is 10.1. The van der Waals surface area contributed by atoms with Crippen LogP contribution >= 0.6 is 0 Å². The van der Waals surface area contributed by atoms with Crippen molar-refractivity contribution in [1.29, 1.82) is 0 Å². The monoisotopic (exact) mass is 304 g/mol. The lowest BCUT2D eigenvalue weighted by Gasteiger charge is -2.03. The molecule has 0 saturated heterocycles. The number of hydrogen-bond acceptors (Lipinski definition) is 6. The molecule has 2 rings (SSSR count). The highest BCUT2D eigenvalue weighted by Gasteiger charge is 2.20. The SMILES string of the molecule is COC(=O)COc1cn(-c2ccc(C)cc2)nc1C(=O)OC. The van der Waals surface area contributed by atoms with Crippen LogP contribution in [0.4, 0.5) is 0 Å². The molecule has 0 spiro atoms. The lowest BCUT2D eigenvalue weighted by atomic mass is 10.2. The van der Waals surface area contributed by atoms with Crippen LogP contribution in [0.25, 0.3) is 5.69 Å². The van der Waals surface area contributed by atoms with E-state index < -0.39 is 11.9 Å². The van der Waals surface area contributed by atoms with Gasteiger partial charge in [0.25, 0.3) is 0 Å². The van der Waals surface area contributed by atoms with Gasteiger partial charge in [-0.2, -0.15) is 5.10 Å². The van der Waals surface area contributed by atoms with Gasteiger partial charge in [-0.3, -0.25) is 0 Å². The maximum absolute atomic E-state index is 11.8. The second-order valence-corrected chi connectivity index (χ2v) is 4.48. The summed E-state index contributed by atoms with van der Waals surface area (Å²) >= 11 is 0. The Bertz CT molecular complexity index is 676. The third kappa shape index (κ3) is 3.43. The first kappa shape index (κ1) is 15.6. The van der Waals surface area contributed by atoms with E-state index in [0.29, 0.717) is 0 Å². The first-order valence-electron chi connectivity index (χ1n) is 6.49. The number of rotatable bonds is 5. The van der Waals surface area contributed by atoms with Crippen molar-refractivity contribution in [3.63, 3.8) is 0 Å². The number of hydrogen-bond donors (Lipinski definition) is 0. The van der Waals surface area contributed by atoms with E-state index in [1.54, 1.807) is 0 Å². The second-order valence-electron chi connectivity index (χ2n) is 4.48. The zero-order valence-electron chi connectivity index (χ0n) is 12.5. The van der Waals surface area contributed by atoms with Crippen LogP contribution in [0, 0.1) is 6.92 Å². The van der Waals surface area contributed by atoms with Gasteiger partial charge in [0, 0.05) is 0 Å². The first-order chi connectivity index (χ1) is 10.5. The summed E-state index contributed by atoms with van der Waals surface area (Å²) in [5, 5.41) is 4.15. The minimum atomic E-state index is -0.647. The topological polar surface area (TPSA) is 79.7 Å². The van der Waals surface area contributed by atoms with E-state index in [-0.39, 0.29) is 18.1 Å². The molecule has 1 heterocycles. The number of esters is 2. The molecule has 0 aliphatic carbocycles. The van der Waals surface area contributed by atoms with Gasteiger partial charge in [0.2, 0.25) is 5.69 Å². The van der Waals surface area contributed by atoms with Crippen molar-refractivity contribution in [2.45, 2.75) is 6.92 Å². The van der Waals surface area contributed by atoms with Gasteiger partial charge in [0.05, 0.1) is 26.1 Å². The number of ether oxygens (including phenoxy) is 3. The largest absolute Gasteiger partial charge is 0.478 e. The molecule has 0 atom stereocenters. The molecule has 0 N–H and O–H groups in total. The molecule has 1 aromatic heterocycles. The molecule has 0 unspecified atom stereocenters. The second kappa shape index (κ2) is 6.75. The summed E-state index contributed by atoms with van der Waals surface area (Å²) in [7, 11) is 2.50. The van der Waals surface area contributed by atoms with Crippen LogP contribution in [0.1, 0.15) is 16.1 Å². The molecule has 116 valence electrons. The van der Waals surface area contributed by atoms with E-state index in [4.69, 9.17) is 4.74 Å². The first-order valence-corrected chi connectivity index (χ1v) is 6.49. The van der Waals surface area contributed by atoms with Crippen LogP contribution in [-0.4, -0.2) is 42.5 Å². The van der Waals surface area contributed by atoms with Crippen LogP contribution in [0.15, 0.2) is 30.5 Å². The zero-order chi connectivity index (χ0) is 16.1. The quantitative estimate of drug-likeness (QED) is 0.779. The Balaban J connectivity index is 2.32. The third-order valence-electron chi connectivity index (χ3n) is 2.93. The standard InChI is InChI=1S/C15H16N2O5/c1-10-4-6-11(7-5-10)17-8-12(22-9-13(18)20-2)14(16-17)15(19)21-3/h4-8H,9H2,1-3H3. The maximum Gasteiger partial charge on any atom is 0.362 e. The minimum Gasteiger partial charge on any atom is -0.478 e. The predicted molar refractivity (Wildman–Crippen MR) is 77.2 cm³/mol. The van der Waals surface area contributed by atoms with Crippen LogP contribution < -0.4 is 4.74 Å². The van der Waals surface area contributed by atoms with E-state index >= 15 is 0 Å². The number of carbonyl (C=O) groups excluding carboxylic acids is 2. The van der Waals surface area contributed by atoms with Crippen molar-refractivity contribution in [3.8, 4) is 11.4 Å². The fourth-order valence-electron chi connectivity index (χ4n) is 1.73. The molecule has 0 aliphatic heterocycles. The molecular weight excluding hydrogens is 288 g/mol. The summed E-state index contributed by atoms with van der Waals surface area (Å²) in [5.41, 5.74) is 1.85. The van der Waals surface area contributed by atoms with E-state index in [0.717, 1.165) is 11.3 Å². The van der Waals surface area contributed by atoms with Gasteiger partial charge in [0.1, 0.15) is 0 Å². The number of aromatic nitrogens is 2. The van der Waals surface area contributed by atoms with Gasteiger partial charge in [-0.1, -0.05) is 17.7 Å². The van der Waals surface area contributed by atoms with E-state index in [9.17, 15) is 9.59 Å². The molecule has 7 nitrogen and oxygen atoms in total. The average Bonchev–Trinajstić information content (AvgIpc) is 2.96. The molecule has 1 aromatic carbocycles. The molecule has 22 heavy (non-hydrogen) atoms. The highest BCUT2D eigenvalue weighted by Crippen LogP contribution is 2.21. The van der Waals surface area contributed by atoms with Crippen LogP contribution in [0.5, 0.6) is 5.75 Å². The molecule has 2 aromatic rings. The molecule has 0 saturated carbocycles. The maximum atomic E-state index is 11.8. The summed E-state index contributed by atoms with van der Waals surface area (Å²) in [4.78, 5) is 22.9. The Morgan fingerprint density at radius 2 is 1.82 bits per heavy atom. The lowest BCUT2D eigenvalue weighted by Crippen LogP contribution is -2.14. The Labute approximate surface area is 127 Å². The molecule has 0 aliphatic rings.